The molecule has 3 nitrogen and oxygen atoms in total. The summed E-state index contributed by atoms with van der Waals surface area (Å²) in [5, 5.41) is 0. The zero-order valence-corrected chi connectivity index (χ0v) is 12.2. The molecule has 1 unspecified atom stereocenters. The lowest BCUT2D eigenvalue weighted by Crippen LogP contribution is -2.25. The largest absolute Gasteiger partial charge is 0.462 e. The Labute approximate surface area is 111 Å². The van der Waals surface area contributed by atoms with Gasteiger partial charge < -0.3 is 10.5 Å². The van der Waals surface area contributed by atoms with E-state index in [0.717, 1.165) is 25.7 Å². The first-order chi connectivity index (χ1) is 8.43. The number of rotatable bonds is 6. The highest BCUT2D eigenvalue weighted by molar-refractivity contribution is 5.69. The van der Waals surface area contributed by atoms with E-state index in [0.29, 0.717) is 18.9 Å². The minimum Gasteiger partial charge on any atom is -0.462 e. The minimum atomic E-state index is -0.0202. The topological polar surface area (TPSA) is 52.3 Å². The molecule has 0 amide bonds. The molecule has 1 aliphatic rings. The number of carbonyl (C=O) groups excluding carboxylic acids is 1. The van der Waals surface area contributed by atoms with E-state index in [9.17, 15) is 4.79 Å². The van der Waals surface area contributed by atoms with Gasteiger partial charge in [-0.3, -0.25) is 4.79 Å². The lowest BCUT2D eigenvalue weighted by Gasteiger charge is -2.30. The van der Waals surface area contributed by atoms with Crippen LogP contribution in [0.5, 0.6) is 0 Å². The molecule has 1 rings (SSSR count). The molecule has 0 bridgehead atoms. The van der Waals surface area contributed by atoms with Crippen molar-refractivity contribution in [1.82, 2.24) is 0 Å². The Morgan fingerprint density at radius 3 is 2.39 bits per heavy atom. The summed E-state index contributed by atoms with van der Waals surface area (Å²) in [5.41, 5.74) is 5.86. The number of hydrogen-bond acceptors (Lipinski definition) is 3. The van der Waals surface area contributed by atoms with Gasteiger partial charge in [-0.2, -0.15) is 0 Å². The molecule has 0 saturated heterocycles. The third-order valence-electron chi connectivity index (χ3n) is 4.04. The van der Waals surface area contributed by atoms with E-state index < -0.39 is 0 Å². The monoisotopic (exact) mass is 255 g/mol. The van der Waals surface area contributed by atoms with Crippen molar-refractivity contribution in [2.45, 2.75) is 71.8 Å². The third kappa shape index (κ3) is 5.38. The third-order valence-corrected chi connectivity index (χ3v) is 4.04. The van der Waals surface area contributed by atoms with Crippen LogP contribution in [0.2, 0.25) is 0 Å². The molecule has 1 saturated carbocycles. The molecule has 3 heteroatoms. The summed E-state index contributed by atoms with van der Waals surface area (Å²) in [6, 6.07) is 0. The van der Waals surface area contributed by atoms with Gasteiger partial charge in [0.05, 0.1) is 0 Å². The first-order valence-corrected chi connectivity index (χ1v) is 7.33. The molecule has 1 fully saturated rings. The van der Waals surface area contributed by atoms with Crippen molar-refractivity contribution in [3.05, 3.63) is 0 Å². The summed E-state index contributed by atoms with van der Waals surface area (Å²) in [4.78, 5) is 11.8. The van der Waals surface area contributed by atoms with Crippen LogP contribution < -0.4 is 5.73 Å². The average molecular weight is 255 g/mol. The highest BCUT2D eigenvalue weighted by Gasteiger charge is 2.25. The molecule has 18 heavy (non-hydrogen) atoms. The molecule has 106 valence electrons. The summed E-state index contributed by atoms with van der Waals surface area (Å²) in [7, 11) is 0. The van der Waals surface area contributed by atoms with Crippen molar-refractivity contribution < 1.29 is 9.53 Å². The van der Waals surface area contributed by atoms with Crippen molar-refractivity contribution in [3.63, 3.8) is 0 Å². The van der Waals surface area contributed by atoms with Gasteiger partial charge in [-0.25, -0.2) is 0 Å². The molecule has 0 aromatic carbocycles. The van der Waals surface area contributed by atoms with E-state index in [1.165, 1.54) is 12.8 Å². The summed E-state index contributed by atoms with van der Waals surface area (Å²) in [6.07, 6.45) is 7.13. The Morgan fingerprint density at radius 1 is 1.28 bits per heavy atom. The molecule has 0 aromatic heterocycles. The van der Waals surface area contributed by atoms with Gasteiger partial charge in [0.1, 0.15) is 6.10 Å². The van der Waals surface area contributed by atoms with Crippen LogP contribution in [-0.4, -0.2) is 18.6 Å². The van der Waals surface area contributed by atoms with E-state index in [1.807, 2.05) is 0 Å². The number of hydrogen-bond donors (Lipinski definition) is 1. The predicted octanol–water partition coefficient (Wildman–Crippen LogP) is 3.26. The van der Waals surface area contributed by atoms with Crippen LogP contribution >= 0.6 is 0 Å². The Hall–Kier alpha value is -0.570. The smallest absolute Gasteiger partial charge is 0.306 e. The Kier molecular flexibility index (Phi) is 6.13. The Bertz CT molecular complexity index is 252. The molecular formula is C15H29NO2. The van der Waals surface area contributed by atoms with Crippen molar-refractivity contribution in [3.8, 4) is 0 Å². The van der Waals surface area contributed by atoms with E-state index >= 15 is 0 Å². The number of carbonyl (C=O) groups is 1. The van der Waals surface area contributed by atoms with Crippen LogP contribution in [0, 0.1) is 11.3 Å². The molecular weight excluding hydrogens is 226 g/mol. The fourth-order valence-electron chi connectivity index (χ4n) is 2.75. The highest BCUT2D eigenvalue weighted by Crippen LogP contribution is 2.32. The number of nitrogens with two attached hydrogens (primary N) is 1. The molecule has 0 spiro atoms. The zero-order valence-electron chi connectivity index (χ0n) is 12.2. The maximum atomic E-state index is 11.8. The normalized spacial score (nSPS) is 18.9. The molecule has 1 atom stereocenters. The molecule has 0 aromatic rings. The summed E-state index contributed by atoms with van der Waals surface area (Å²) >= 11 is 0. The molecule has 1 aliphatic carbocycles. The van der Waals surface area contributed by atoms with Crippen molar-refractivity contribution in [1.29, 1.82) is 0 Å². The van der Waals surface area contributed by atoms with Crippen molar-refractivity contribution in [2.75, 3.05) is 6.54 Å². The highest BCUT2D eigenvalue weighted by atomic mass is 16.5. The van der Waals surface area contributed by atoms with Crippen LogP contribution in [0.25, 0.3) is 0 Å². The van der Waals surface area contributed by atoms with Crippen molar-refractivity contribution in [2.24, 2.45) is 17.1 Å². The van der Waals surface area contributed by atoms with Gasteiger partial charge in [-0.05, 0) is 56.4 Å². The first-order valence-electron chi connectivity index (χ1n) is 7.33. The van der Waals surface area contributed by atoms with E-state index in [2.05, 4.69) is 20.8 Å². The lowest BCUT2D eigenvalue weighted by molar-refractivity contribution is -0.149. The van der Waals surface area contributed by atoms with Crippen LogP contribution in [0.1, 0.15) is 65.7 Å². The molecule has 0 heterocycles. The Morgan fingerprint density at radius 2 is 1.89 bits per heavy atom. The second kappa shape index (κ2) is 7.13. The summed E-state index contributed by atoms with van der Waals surface area (Å²) < 4.78 is 5.48. The van der Waals surface area contributed by atoms with E-state index in [-0.39, 0.29) is 17.5 Å². The standard InChI is InChI=1S/C15H29NO2/c1-15(2,3)12(10-11-16)8-9-14(17)18-13-6-4-5-7-13/h12-13H,4-11,16H2,1-3H3. The van der Waals surface area contributed by atoms with Gasteiger partial charge in [0, 0.05) is 6.42 Å². The maximum Gasteiger partial charge on any atom is 0.306 e. The van der Waals surface area contributed by atoms with Gasteiger partial charge in [0.25, 0.3) is 0 Å². The van der Waals surface area contributed by atoms with E-state index in [1.54, 1.807) is 0 Å². The van der Waals surface area contributed by atoms with Gasteiger partial charge in [0.2, 0.25) is 0 Å². The molecule has 0 aliphatic heterocycles. The second-order valence-corrected chi connectivity index (χ2v) is 6.58. The fraction of sp³-hybridized carbons (Fsp3) is 0.933. The van der Waals surface area contributed by atoms with Gasteiger partial charge in [-0.1, -0.05) is 20.8 Å². The fourth-order valence-corrected chi connectivity index (χ4v) is 2.75. The lowest BCUT2D eigenvalue weighted by atomic mass is 9.76. The first kappa shape index (κ1) is 15.5. The van der Waals surface area contributed by atoms with Crippen LogP contribution in [0.3, 0.4) is 0 Å². The maximum absolute atomic E-state index is 11.8. The number of ether oxygens (including phenoxy) is 1. The zero-order chi connectivity index (χ0) is 13.6. The Balaban J connectivity index is 2.30. The van der Waals surface area contributed by atoms with Crippen LogP contribution in [0.15, 0.2) is 0 Å². The van der Waals surface area contributed by atoms with Crippen molar-refractivity contribution >= 4 is 5.97 Å². The molecule has 2 N–H and O–H groups in total. The van der Waals surface area contributed by atoms with Crippen LogP contribution in [0.4, 0.5) is 0 Å². The SMILES string of the molecule is CC(C)(C)C(CCN)CCC(=O)OC1CCCC1. The van der Waals surface area contributed by atoms with Gasteiger partial charge >= 0.3 is 5.97 Å². The van der Waals surface area contributed by atoms with Gasteiger partial charge in [0.15, 0.2) is 0 Å². The summed E-state index contributed by atoms with van der Waals surface area (Å²) in [6.45, 7) is 7.35. The average Bonchev–Trinajstić information content (AvgIpc) is 2.75. The minimum absolute atomic E-state index is 0.0202. The van der Waals surface area contributed by atoms with E-state index in [4.69, 9.17) is 10.5 Å². The number of esters is 1. The molecule has 0 radical (unpaired) electrons. The van der Waals surface area contributed by atoms with Crippen LogP contribution in [-0.2, 0) is 9.53 Å². The quantitative estimate of drug-likeness (QED) is 0.741. The predicted molar refractivity (Wildman–Crippen MR) is 74.2 cm³/mol. The summed E-state index contributed by atoms with van der Waals surface area (Å²) in [5.74, 6) is 0.479. The van der Waals surface area contributed by atoms with Gasteiger partial charge in [-0.15, -0.1) is 0 Å². The second-order valence-electron chi connectivity index (χ2n) is 6.58.